The van der Waals surface area contributed by atoms with E-state index < -0.39 is 36.4 Å². The maximum absolute atomic E-state index is 14.2. The van der Waals surface area contributed by atoms with Crippen LogP contribution in [0.25, 0.3) is 16.6 Å². The molecule has 0 radical (unpaired) electrons. The Balaban J connectivity index is 1.68. The van der Waals surface area contributed by atoms with Crippen LogP contribution in [-0.4, -0.2) is 43.6 Å². The van der Waals surface area contributed by atoms with E-state index in [0.29, 0.717) is 39.2 Å². The number of amides is 1. The van der Waals surface area contributed by atoms with Crippen LogP contribution in [0.2, 0.25) is 5.02 Å². The van der Waals surface area contributed by atoms with Crippen LogP contribution in [0.4, 0.5) is 8.78 Å². The first-order valence-corrected chi connectivity index (χ1v) is 11.4. The number of aliphatic hydroxyl groups excluding tert-OH is 2. The van der Waals surface area contributed by atoms with Gasteiger partial charge in [0.25, 0.3) is 5.91 Å². The molecule has 2 aromatic carbocycles. The monoisotopic (exact) mass is 516 g/mol. The molecule has 1 amide bonds. The number of aryl methyl sites for hydroxylation is 1. The number of fused-ring (bicyclic) bond motifs is 1. The number of benzene rings is 2. The average Bonchev–Trinajstić information content (AvgIpc) is 3.28. The van der Waals surface area contributed by atoms with Crippen LogP contribution in [0.5, 0.6) is 5.75 Å². The van der Waals surface area contributed by atoms with Gasteiger partial charge in [-0.2, -0.15) is 4.39 Å². The highest BCUT2D eigenvalue weighted by Gasteiger charge is 2.22. The summed E-state index contributed by atoms with van der Waals surface area (Å²) < 4.78 is 35.2. The zero-order valence-corrected chi connectivity index (χ0v) is 20.1. The van der Waals surface area contributed by atoms with Crippen molar-refractivity contribution in [1.29, 1.82) is 0 Å². The van der Waals surface area contributed by atoms with E-state index in [2.05, 4.69) is 15.4 Å². The second kappa shape index (κ2) is 10.6. The molecule has 0 aliphatic heterocycles. The van der Waals surface area contributed by atoms with E-state index in [4.69, 9.17) is 21.4 Å². The Kier molecular flexibility index (Phi) is 7.48. The second-order valence-electron chi connectivity index (χ2n) is 8.19. The number of pyridine rings is 1. The Labute approximate surface area is 210 Å². The van der Waals surface area contributed by atoms with Crippen LogP contribution < -0.4 is 10.1 Å². The molecule has 0 unspecified atom stereocenters. The number of aliphatic hydroxyl groups is 2. The van der Waals surface area contributed by atoms with Crippen molar-refractivity contribution in [2.45, 2.75) is 32.6 Å². The van der Waals surface area contributed by atoms with Gasteiger partial charge in [0, 0.05) is 28.9 Å². The van der Waals surface area contributed by atoms with Gasteiger partial charge in [-0.25, -0.2) is 14.1 Å². The smallest absolute Gasteiger partial charge is 0.251 e. The standard InChI is InChI=1S/C25H23ClF2N4O4/c1-13-8-20(32-7-6-23(28)31-32)16-4-3-5-22(24(16)29-13)36-12-18-17(9-15(27)10-19(18)26)14(2)30-25(35)21(34)11-33/h3-10,14,21,33-34H,11-12H2,1-2H3,(H,30,35)/t14-,21+/m0/s1. The number of ether oxygens (including phenoxy) is 1. The first kappa shape index (κ1) is 25.5. The third kappa shape index (κ3) is 5.30. The zero-order valence-electron chi connectivity index (χ0n) is 19.4. The molecule has 0 saturated heterocycles. The van der Waals surface area contributed by atoms with Gasteiger partial charge in [0.2, 0.25) is 5.95 Å². The molecule has 0 aliphatic rings. The highest BCUT2D eigenvalue weighted by Crippen LogP contribution is 2.32. The van der Waals surface area contributed by atoms with Crippen LogP contribution in [-0.2, 0) is 11.4 Å². The maximum Gasteiger partial charge on any atom is 0.251 e. The summed E-state index contributed by atoms with van der Waals surface area (Å²) in [6.07, 6.45) is -0.107. The number of hydrogen-bond acceptors (Lipinski definition) is 6. The van der Waals surface area contributed by atoms with Crippen LogP contribution in [0.1, 0.15) is 29.8 Å². The molecular weight excluding hydrogens is 494 g/mol. The molecule has 11 heteroatoms. The molecule has 2 aromatic heterocycles. The van der Waals surface area contributed by atoms with Gasteiger partial charge in [0.1, 0.15) is 23.7 Å². The molecule has 2 heterocycles. The molecule has 188 valence electrons. The summed E-state index contributed by atoms with van der Waals surface area (Å²) in [6.45, 7) is 2.55. The van der Waals surface area contributed by atoms with Gasteiger partial charge < -0.3 is 20.3 Å². The number of nitrogens with zero attached hydrogens (tertiary/aromatic N) is 3. The van der Waals surface area contributed by atoms with E-state index in [1.54, 1.807) is 32.0 Å². The quantitative estimate of drug-likeness (QED) is 0.329. The van der Waals surface area contributed by atoms with E-state index in [9.17, 15) is 18.7 Å². The lowest BCUT2D eigenvalue weighted by atomic mass is 10.0. The predicted octanol–water partition coefficient (Wildman–Crippen LogP) is 3.77. The summed E-state index contributed by atoms with van der Waals surface area (Å²) in [4.78, 5) is 16.6. The summed E-state index contributed by atoms with van der Waals surface area (Å²) >= 11 is 6.34. The summed E-state index contributed by atoms with van der Waals surface area (Å²) in [7, 11) is 0. The first-order chi connectivity index (χ1) is 17.2. The Morgan fingerprint density at radius 2 is 2.03 bits per heavy atom. The molecule has 0 spiro atoms. The molecular formula is C25H23ClF2N4O4. The lowest BCUT2D eigenvalue weighted by Gasteiger charge is -2.21. The number of aromatic nitrogens is 3. The van der Waals surface area contributed by atoms with E-state index >= 15 is 0 Å². The lowest BCUT2D eigenvalue weighted by molar-refractivity contribution is -0.131. The maximum atomic E-state index is 14.2. The van der Waals surface area contributed by atoms with Crippen molar-refractivity contribution < 1.29 is 28.5 Å². The number of nitrogens with one attached hydrogen (secondary N) is 1. The molecule has 8 nitrogen and oxygen atoms in total. The van der Waals surface area contributed by atoms with Gasteiger partial charge in [0.15, 0.2) is 6.10 Å². The van der Waals surface area contributed by atoms with Crippen molar-refractivity contribution in [2.24, 2.45) is 0 Å². The highest BCUT2D eigenvalue weighted by atomic mass is 35.5. The van der Waals surface area contributed by atoms with Crippen molar-refractivity contribution in [3.8, 4) is 11.4 Å². The lowest BCUT2D eigenvalue weighted by Crippen LogP contribution is -2.38. The predicted molar refractivity (Wildman–Crippen MR) is 129 cm³/mol. The number of carbonyl (C=O) groups is 1. The van der Waals surface area contributed by atoms with Crippen molar-refractivity contribution in [1.82, 2.24) is 20.1 Å². The SMILES string of the molecule is Cc1cc(-n2ccc(F)n2)c2cccc(OCc3c(Cl)cc(F)cc3[C@H](C)NC(=O)[C@H](O)CO)c2n1. The normalized spacial score (nSPS) is 13.0. The highest BCUT2D eigenvalue weighted by molar-refractivity contribution is 6.31. The van der Waals surface area contributed by atoms with E-state index in [-0.39, 0.29) is 11.6 Å². The number of para-hydroxylation sites is 1. The van der Waals surface area contributed by atoms with E-state index in [1.165, 1.54) is 23.0 Å². The zero-order chi connectivity index (χ0) is 26.0. The fourth-order valence-electron chi connectivity index (χ4n) is 3.85. The topological polar surface area (TPSA) is 110 Å². The van der Waals surface area contributed by atoms with Gasteiger partial charge in [0.05, 0.1) is 23.4 Å². The molecule has 4 rings (SSSR count). The molecule has 3 N–H and O–H groups in total. The Bertz CT molecular complexity index is 1430. The fraction of sp³-hybridized carbons (Fsp3) is 0.240. The van der Waals surface area contributed by atoms with Crippen molar-refractivity contribution in [3.63, 3.8) is 0 Å². The van der Waals surface area contributed by atoms with Crippen LogP contribution in [0.3, 0.4) is 0 Å². The van der Waals surface area contributed by atoms with Gasteiger partial charge in [-0.05, 0) is 43.7 Å². The third-order valence-corrected chi connectivity index (χ3v) is 5.92. The van der Waals surface area contributed by atoms with Crippen LogP contribution in [0.15, 0.2) is 48.7 Å². The molecule has 0 saturated carbocycles. The van der Waals surface area contributed by atoms with Gasteiger partial charge in [-0.15, -0.1) is 5.10 Å². The Morgan fingerprint density at radius 3 is 2.72 bits per heavy atom. The Morgan fingerprint density at radius 1 is 1.25 bits per heavy atom. The van der Waals surface area contributed by atoms with Crippen molar-refractivity contribution in [2.75, 3.05) is 6.61 Å². The molecule has 0 aliphatic carbocycles. The number of rotatable bonds is 8. The van der Waals surface area contributed by atoms with Crippen LogP contribution >= 0.6 is 11.6 Å². The van der Waals surface area contributed by atoms with E-state index in [1.807, 2.05) is 6.07 Å². The average molecular weight is 517 g/mol. The molecule has 0 bridgehead atoms. The van der Waals surface area contributed by atoms with Gasteiger partial charge in [-0.1, -0.05) is 23.7 Å². The number of hydrogen-bond donors (Lipinski definition) is 3. The third-order valence-electron chi connectivity index (χ3n) is 5.58. The van der Waals surface area contributed by atoms with Gasteiger partial charge >= 0.3 is 0 Å². The van der Waals surface area contributed by atoms with E-state index in [0.717, 1.165) is 6.07 Å². The summed E-state index contributed by atoms with van der Waals surface area (Å²) in [5.41, 5.74) is 2.55. The van der Waals surface area contributed by atoms with Gasteiger partial charge in [-0.3, -0.25) is 4.79 Å². The minimum atomic E-state index is -1.61. The second-order valence-corrected chi connectivity index (χ2v) is 8.60. The molecule has 0 fully saturated rings. The fourth-order valence-corrected chi connectivity index (χ4v) is 4.12. The largest absolute Gasteiger partial charge is 0.487 e. The first-order valence-electron chi connectivity index (χ1n) is 11.0. The summed E-state index contributed by atoms with van der Waals surface area (Å²) in [5, 5.41) is 25.7. The minimum absolute atomic E-state index is 0.0856. The summed E-state index contributed by atoms with van der Waals surface area (Å²) in [6, 6.07) is 9.90. The summed E-state index contributed by atoms with van der Waals surface area (Å²) in [5.74, 6) is -1.63. The molecule has 36 heavy (non-hydrogen) atoms. The number of carbonyl (C=O) groups excluding carboxylic acids is 1. The molecule has 4 aromatic rings. The Hall–Kier alpha value is -3.60. The van der Waals surface area contributed by atoms with Crippen molar-refractivity contribution >= 4 is 28.4 Å². The van der Waals surface area contributed by atoms with Crippen LogP contribution in [0, 0.1) is 18.7 Å². The minimum Gasteiger partial charge on any atom is -0.487 e. The number of halogens is 3. The van der Waals surface area contributed by atoms with Crippen molar-refractivity contribution in [3.05, 3.63) is 82.3 Å². The molecule has 2 atom stereocenters.